The molecule has 0 saturated carbocycles. The zero-order valence-electron chi connectivity index (χ0n) is 20.4. The van der Waals surface area contributed by atoms with Crippen molar-refractivity contribution in [2.24, 2.45) is 10.8 Å². The van der Waals surface area contributed by atoms with E-state index in [-0.39, 0.29) is 17.8 Å². The number of aldehydes is 1. The van der Waals surface area contributed by atoms with Crippen LogP contribution in [0.1, 0.15) is 34.9 Å². The number of amides is 1. The fourth-order valence-electron chi connectivity index (χ4n) is 4.72. The Kier molecular flexibility index (Phi) is 6.55. The standard InChI is InChI=1S/C27H27N7O3/c1-3-23(36)33-14-6-7-19(15-33)34-21(16-35)24(26(28)31-29-2)25(32-34)17-10-12-18(13-11-17)27-30-20-8-4-5-9-22(20)37-27/h3-5,8-13,16,19,29H,1,6-7,14-15H2,2H3,(H2,28,31). The van der Waals surface area contributed by atoms with Crippen molar-refractivity contribution in [1.82, 2.24) is 25.1 Å². The number of oxazole rings is 1. The van der Waals surface area contributed by atoms with Crippen molar-refractivity contribution in [2.45, 2.75) is 18.9 Å². The van der Waals surface area contributed by atoms with Crippen molar-refractivity contribution in [3.05, 3.63) is 72.4 Å². The number of carbonyl (C=O) groups is 2. The molecule has 1 unspecified atom stereocenters. The molecule has 2 aromatic carbocycles. The van der Waals surface area contributed by atoms with Crippen LogP contribution in [0.2, 0.25) is 0 Å². The number of hydrogen-bond donors (Lipinski definition) is 2. The number of carbonyl (C=O) groups excluding carboxylic acids is 2. The lowest BCUT2D eigenvalue weighted by atomic mass is 10.0. The number of fused-ring (bicyclic) bond motifs is 1. The Morgan fingerprint density at radius 3 is 2.68 bits per heavy atom. The average Bonchev–Trinajstić information content (AvgIpc) is 3.55. The molecule has 3 N–H and O–H groups in total. The maximum atomic E-state index is 12.3. The van der Waals surface area contributed by atoms with Crippen LogP contribution in [0.15, 0.2) is 70.7 Å². The number of amidine groups is 1. The maximum Gasteiger partial charge on any atom is 0.246 e. The highest BCUT2D eigenvalue weighted by atomic mass is 16.3. The van der Waals surface area contributed by atoms with Crippen LogP contribution in [-0.2, 0) is 4.79 Å². The van der Waals surface area contributed by atoms with E-state index in [0.29, 0.717) is 41.5 Å². The molecule has 0 bridgehead atoms. The first-order valence-electron chi connectivity index (χ1n) is 12.0. The third-order valence-corrected chi connectivity index (χ3v) is 6.48. The zero-order valence-corrected chi connectivity index (χ0v) is 20.4. The van der Waals surface area contributed by atoms with E-state index in [4.69, 9.17) is 15.2 Å². The first-order valence-corrected chi connectivity index (χ1v) is 12.0. The monoisotopic (exact) mass is 497 g/mol. The molecule has 0 radical (unpaired) electrons. The summed E-state index contributed by atoms with van der Waals surface area (Å²) in [6.45, 7) is 4.65. The van der Waals surface area contributed by atoms with Gasteiger partial charge in [-0.15, -0.1) is 0 Å². The molecular formula is C27H27N7O3. The van der Waals surface area contributed by atoms with Crippen LogP contribution in [0.4, 0.5) is 0 Å². The van der Waals surface area contributed by atoms with Crippen molar-refractivity contribution >= 4 is 29.1 Å². The average molecular weight is 498 g/mol. The van der Waals surface area contributed by atoms with Crippen LogP contribution < -0.4 is 11.2 Å². The van der Waals surface area contributed by atoms with Crippen LogP contribution in [-0.4, -0.2) is 57.8 Å². The summed E-state index contributed by atoms with van der Waals surface area (Å²) >= 11 is 0. The maximum absolute atomic E-state index is 12.3. The summed E-state index contributed by atoms with van der Waals surface area (Å²) in [7, 11) is 1.63. The number of hydrazone groups is 1. The van der Waals surface area contributed by atoms with Crippen LogP contribution in [0.5, 0.6) is 0 Å². The lowest BCUT2D eigenvalue weighted by molar-refractivity contribution is -0.127. The highest BCUT2D eigenvalue weighted by Gasteiger charge is 2.30. The second-order valence-corrected chi connectivity index (χ2v) is 8.74. The Balaban J connectivity index is 1.56. The molecule has 1 fully saturated rings. The van der Waals surface area contributed by atoms with Gasteiger partial charge < -0.3 is 20.5 Å². The first-order chi connectivity index (χ1) is 18.0. The molecule has 188 valence electrons. The molecule has 1 amide bonds. The quantitative estimate of drug-likeness (QED) is 0.132. The van der Waals surface area contributed by atoms with Gasteiger partial charge in [-0.3, -0.25) is 14.3 Å². The zero-order chi connectivity index (χ0) is 25.9. The van der Waals surface area contributed by atoms with Gasteiger partial charge in [0.1, 0.15) is 16.9 Å². The van der Waals surface area contributed by atoms with Gasteiger partial charge in [-0.2, -0.15) is 10.2 Å². The molecule has 1 aliphatic rings. The molecule has 1 aliphatic heterocycles. The van der Waals surface area contributed by atoms with Crippen molar-refractivity contribution in [1.29, 1.82) is 0 Å². The van der Waals surface area contributed by atoms with Gasteiger partial charge in [0.2, 0.25) is 11.8 Å². The Hall–Kier alpha value is -4.73. The number of hydrogen-bond acceptors (Lipinski definition) is 7. The summed E-state index contributed by atoms with van der Waals surface area (Å²) in [4.78, 5) is 30.8. The second kappa shape index (κ2) is 10.1. The van der Waals surface area contributed by atoms with Crippen molar-refractivity contribution < 1.29 is 14.0 Å². The number of nitrogens with zero attached hydrogens (tertiary/aromatic N) is 5. The molecule has 0 aliphatic carbocycles. The largest absolute Gasteiger partial charge is 0.436 e. The Bertz CT molecular complexity index is 1470. The predicted molar refractivity (Wildman–Crippen MR) is 141 cm³/mol. The van der Waals surface area contributed by atoms with E-state index in [1.54, 1.807) is 16.6 Å². The molecule has 4 aromatic rings. The summed E-state index contributed by atoms with van der Waals surface area (Å²) < 4.78 is 7.56. The lowest BCUT2D eigenvalue weighted by Crippen LogP contribution is -2.40. The summed E-state index contributed by atoms with van der Waals surface area (Å²) in [5.41, 5.74) is 13.3. The first kappa shape index (κ1) is 24.0. The summed E-state index contributed by atoms with van der Waals surface area (Å²) in [6, 6.07) is 14.9. The number of piperidine rings is 1. The van der Waals surface area contributed by atoms with E-state index in [1.807, 2.05) is 48.5 Å². The minimum absolute atomic E-state index is 0.142. The van der Waals surface area contributed by atoms with Crippen LogP contribution in [0, 0.1) is 0 Å². The lowest BCUT2D eigenvalue weighted by Gasteiger charge is -2.32. The molecule has 1 atom stereocenters. The van der Waals surface area contributed by atoms with Crippen molar-refractivity contribution in [3.63, 3.8) is 0 Å². The number of likely N-dealkylation sites (tertiary alicyclic amines) is 1. The van der Waals surface area contributed by atoms with Crippen LogP contribution in [0.25, 0.3) is 33.8 Å². The van der Waals surface area contributed by atoms with Gasteiger partial charge in [-0.1, -0.05) is 30.8 Å². The summed E-state index contributed by atoms with van der Waals surface area (Å²) in [5, 5.41) is 8.95. The molecule has 37 heavy (non-hydrogen) atoms. The third-order valence-electron chi connectivity index (χ3n) is 6.48. The molecule has 0 spiro atoms. The number of para-hydroxylation sites is 2. The highest BCUT2D eigenvalue weighted by molar-refractivity contribution is 6.08. The van der Waals surface area contributed by atoms with E-state index < -0.39 is 0 Å². The highest BCUT2D eigenvalue weighted by Crippen LogP contribution is 2.32. The number of benzene rings is 2. The Morgan fingerprint density at radius 2 is 1.97 bits per heavy atom. The molecule has 10 nitrogen and oxygen atoms in total. The molecule has 3 heterocycles. The van der Waals surface area contributed by atoms with E-state index >= 15 is 0 Å². The molecule has 2 aromatic heterocycles. The van der Waals surface area contributed by atoms with Crippen LogP contribution in [0.3, 0.4) is 0 Å². The summed E-state index contributed by atoms with van der Waals surface area (Å²) in [6.07, 6.45) is 3.60. The molecular weight excluding hydrogens is 470 g/mol. The second-order valence-electron chi connectivity index (χ2n) is 8.74. The van der Waals surface area contributed by atoms with Gasteiger partial charge in [-0.25, -0.2) is 4.98 Å². The van der Waals surface area contributed by atoms with Gasteiger partial charge in [0, 0.05) is 31.3 Å². The Labute approximate surface area is 213 Å². The number of rotatable bonds is 7. The molecule has 5 rings (SSSR count). The minimum Gasteiger partial charge on any atom is -0.436 e. The van der Waals surface area contributed by atoms with Crippen molar-refractivity contribution in [3.8, 4) is 22.7 Å². The predicted octanol–water partition coefficient (Wildman–Crippen LogP) is 3.36. The van der Waals surface area contributed by atoms with Gasteiger partial charge in [0.05, 0.1) is 11.6 Å². The van der Waals surface area contributed by atoms with E-state index in [1.165, 1.54) is 6.08 Å². The smallest absolute Gasteiger partial charge is 0.246 e. The van der Waals surface area contributed by atoms with E-state index in [2.05, 4.69) is 22.1 Å². The number of nitrogens with one attached hydrogen (secondary N) is 1. The molecule has 1 saturated heterocycles. The van der Waals surface area contributed by atoms with Crippen LogP contribution >= 0.6 is 0 Å². The fourth-order valence-corrected chi connectivity index (χ4v) is 4.72. The van der Waals surface area contributed by atoms with E-state index in [0.717, 1.165) is 35.8 Å². The Morgan fingerprint density at radius 1 is 1.22 bits per heavy atom. The minimum atomic E-state index is -0.188. The third kappa shape index (κ3) is 4.49. The SMILES string of the molecule is C=CC(=O)N1CCCC(n2nc(-c3ccc(-c4nc5ccccc5o4)cc3)c(/C(N)=N\NC)c2C=O)C1. The topological polar surface area (TPSA) is 132 Å². The van der Waals surface area contributed by atoms with E-state index in [9.17, 15) is 9.59 Å². The van der Waals surface area contributed by atoms with Gasteiger partial charge in [-0.05, 0) is 43.2 Å². The normalized spacial score (nSPS) is 16.1. The van der Waals surface area contributed by atoms with Gasteiger partial charge in [0.15, 0.2) is 17.7 Å². The number of aromatic nitrogens is 3. The number of nitrogens with two attached hydrogens (primary N) is 1. The van der Waals surface area contributed by atoms with Gasteiger partial charge >= 0.3 is 0 Å². The van der Waals surface area contributed by atoms with Gasteiger partial charge in [0.25, 0.3) is 0 Å². The molecule has 10 heteroatoms. The fraction of sp³-hybridized carbons (Fsp3) is 0.222. The summed E-state index contributed by atoms with van der Waals surface area (Å²) in [5.74, 6) is 0.511. The van der Waals surface area contributed by atoms with Crippen molar-refractivity contribution in [2.75, 3.05) is 20.1 Å².